The van der Waals surface area contributed by atoms with Crippen molar-refractivity contribution in [1.29, 1.82) is 0 Å². The Morgan fingerprint density at radius 1 is 1.36 bits per heavy atom. The first kappa shape index (κ1) is 17.5. The molecule has 2 aromatic rings. The van der Waals surface area contributed by atoms with E-state index >= 15 is 0 Å². The lowest BCUT2D eigenvalue weighted by Gasteiger charge is -2.19. The fraction of sp³-hybridized carbons (Fsp3) is 0.368. The van der Waals surface area contributed by atoms with Gasteiger partial charge in [-0.3, -0.25) is 4.79 Å². The minimum absolute atomic E-state index is 0.00509. The standard InChI is InChI=1S/C19H22N2O3S/c1-3-12-4-7-17-13(8-12)9-18(25-17)19(24)21-20-11(2)15-10-14(22)5-6-16(15)23/h5-6,9-10,12,22-23H,3-4,7-8H2,1-2H3,(H,21,24)/b20-11+. The molecular formula is C19H22N2O3S. The highest BCUT2D eigenvalue weighted by molar-refractivity contribution is 7.14. The molecule has 0 bridgehead atoms. The van der Waals surface area contributed by atoms with Crippen LogP contribution in [0, 0.1) is 5.92 Å². The number of hydrogen-bond acceptors (Lipinski definition) is 5. The number of rotatable bonds is 4. The summed E-state index contributed by atoms with van der Waals surface area (Å²) in [6, 6.07) is 6.18. The normalized spacial score (nSPS) is 17.2. The fourth-order valence-corrected chi connectivity index (χ4v) is 4.22. The van der Waals surface area contributed by atoms with E-state index in [1.807, 2.05) is 6.07 Å². The van der Waals surface area contributed by atoms with Gasteiger partial charge in [0.2, 0.25) is 0 Å². The maximum absolute atomic E-state index is 12.4. The van der Waals surface area contributed by atoms with Crippen LogP contribution in [-0.2, 0) is 12.8 Å². The molecule has 25 heavy (non-hydrogen) atoms. The number of carbonyl (C=O) groups excluding carboxylic acids is 1. The van der Waals surface area contributed by atoms with Crippen molar-refractivity contribution >= 4 is 23.0 Å². The molecule has 1 amide bonds. The molecule has 1 atom stereocenters. The first-order valence-corrected chi connectivity index (χ1v) is 9.28. The molecule has 3 N–H and O–H groups in total. The highest BCUT2D eigenvalue weighted by atomic mass is 32.1. The Hall–Kier alpha value is -2.34. The molecular weight excluding hydrogens is 336 g/mol. The number of hydrogen-bond donors (Lipinski definition) is 3. The second-order valence-electron chi connectivity index (χ2n) is 6.42. The molecule has 0 radical (unpaired) electrons. The van der Waals surface area contributed by atoms with Crippen molar-refractivity contribution in [2.24, 2.45) is 11.0 Å². The molecule has 1 heterocycles. The molecule has 0 saturated carbocycles. The Morgan fingerprint density at radius 3 is 2.92 bits per heavy atom. The number of phenolic OH excluding ortho intramolecular Hbond substituents is 2. The van der Waals surface area contributed by atoms with Crippen LogP contribution in [0.1, 0.15) is 52.4 Å². The number of hydrazone groups is 1. The number of aryl methyl sites for hydroxylation is 1. The van der Waals surface area contributed by atoms with Crippen molar-refractivity contribution in [3.05, 3.63) is 45.1 Å². The number of carbonyl (C=O) groups is 1. The van der Waals surface area contributed by atoms with Gasteiger partial charge in [-0.2, -0.15) is 5.10 Å². The molecule has 1 aliphatic carbocycles. The Kier molecular flexibility index (Phi) is 5.08. The van der Waals surface area contributed by atoms with Gasteiger partial charge >= 0.3 is 0 Å². The number of amides is 1. The van der Waals surface area contributed by atoms with Crippen LogP contribution in [0.15, 0.2) is 29.4 Å². The summed E-state index contributed by atoms with van der Waals surface area (Å²) in [5.74, 6) is 0.508. The molecule has 1 unspecified atom stereocenters. The summed E-state index contributed by atoms with van der Waals surface area (Å²) in [6.45, 7) is 3.88. The van der Waals surface area contributed by atoms with Crippen LogP contribution in [0.5, 0.6) is 11.5 Å². The van der Waals surface area contributed by atoms with E-state index in [-0.39, 0.29) is 17.4 Å². The average molecular weight is 358 g/mol. The minimum Gasteiger partial charge on any atom is -0.508 e. The average Bonchev–Trinajstić information content (AvgIpc) is 3.04. The smallest absolute Gasteiger partial charge is 0.281 e. The number of fused-ring (bicyclic) bond motifs is 1. The number of phenols is 2. The Morgan fingerprint density at radius 2 is 2.16 bits per heavy atom. The summed E-state index contributed by atoms with van der Waals surface area (Å²) < 4.78 is 0. The minimum atomic E-state index is -0.244. The second-order valence-corrected chi connectivity index (χ2v) is 7.55. The van der Waals surface area contributed by atoms with Gasteiger partial charge in [0, 0.05) is 10.4 Å². The summed E-state index contributed by atoms with van der Waals surface area (Å²) in [5, 5.41) is 23.4. The van der Waals surface area contributed by atoms with Gasteiger partial charge in [0.25, 0.3) is 5.91 Å². The quantitative estimate of drug-likeness (QED) is 0.441. The van der Waals surface area contributed by atoms with Crippen LogP contribution < -0.4 is 5.43 Å². The third-order valence-electron chi connectivity index (χ3n) is 4.68. The predicted molar refractivity (Wildman–Crippen MR) is 99.6 cm³/mol. The Labute approximate surface area is 151 Å². The summed E-state index contributed by atoms with van der Waals surface area (Å²) >= 11 is 1.54. The van der Waals surface area contributed by atoms with Crippen molar-refractivity contribution in [2.45, 2.75) is 39.5 Å². The monoisotopic (exact) mass is 358 g/mol. The summed E-state index contributed by atoms with van der Waals surface area (Å²) in [7, 11) is 0. The van der Waals surface area contributed by atoms with Gasteiger partial charge in [-0.1, -0.05) is 13.3 Å². The SMILES string of the molecule is CCC1CCc2sc(C(=O)N/N=C(\C)c3cc(O)ccc3O)cc2C1. The summed E-state index contributed by atoms with van der Waals surface area (Å²) in [6.07, 6.45) is 4.47. The van der Waals surface area contributed by atoms with E-state index < -0.39 is 0 Å². The molecule has 132 valence electrons. The van der Waals surface area contributed by atoms with E-state index in [1.54, 1.807) is 6.92 Å². The Bertz CT molecular complexity index is 826. The number of benzene rings is 1. The van der Waals surface area contributed by atoms with Gasteiger partial charge in [0.1, 0.15) is 11.5 Å². The van der Waals surface area contributed by atoms with Crippen molar-refractivity contribution in [1.82, 2.24) is 5.43 Å². The van der Waals surface area contributed by atoms with Gasteiger partial charge in [-0.25, -0.2) is 5.43 Å². The molecule has 1 aromatic heterocycles. The van der Waals surface area contributed by atoms with Crippen LogP contribution in [0.3, 0.4) is 0 Å². The molecule has 1 aliphatic rings. The first-order chi connectivity index (χ1) is 12.0. The summed E-state index contributed by atoms with van der Waals surface area (Å²) in [4.78, 5) is 14.4. The fourth-order valence-electron chi connectivity index (χ4n) is 3.12. The topological polar surface area (TPSA) is 81.9 Å². The van der Waals surface area contributed by atoms with Gasteiger partial charge in [0.15, 0.2) is 0 Å². The molecule has 0 spiro atoms. The van der Waals surface area contributed by atoms with Crippen LogP contribution in [0.25, 0.3) is 0 Å². The molecule has 0 aliphatic heterocycles. The number of aromatic hydroxyl groups is 2. The van der Waals surface area contributed by atoms with E-state index in [4.69, 9.17) is 0 Å². The second kappa shape index (κ2) is 7.27. The van der Waals surface area contributed by atoms with Crippen molar-refractivity contribution in [3.8, 4) is 11.5 Å². The third-order valence-corrected chi connectivity index (χ3v) is 5.92. The maximum Gasteiger partial charge on any atom is 0.281 e. The lowest BCUT2D eigenvalue weighted by atomic mass is 9.87. The maximum atomic E-state index is 12.4. The highest BCUT2D eigenvalue weighted by Gasteiger charge is 2.22. The van der Waals surface area contributed by atoms with Gasteiger partial charge < -0.3 is 10.2 Å². The van der Waals surface area contributed by atoms with Crippen molar-refractivity contribution in [2.75, 3.05) is 0 Å². The van der Waals surface area contributed by atoms with Crippen LogP contribution in [0.2, 0.25) is 0 Å². The van der Waals surface area contributed by atoms with E-state index in [2.05, 4.69) is 17.5 Å². The largest absolute Gasteiger partial charge is 0.508 e. The zero-order chi connectivity index (χ0) is 18.0. The van der Waals surface area contributed by atoms with E-state index in [1.165, 1.54) is 52.8 Å². The van der Waals surface area contributed by atoms with Gasteiger partial charge in [0.05, 0.1) is 10.6 Å². The van der Waals surface area contributed by atoms with E-state index in [0.717, 1.165) is 12.8 Å². The number of nitrogens with zero attached hydrogens (tertiary/aromatic N) is 1. The Balaban J connectivity index is 1.72. The molecule has 0 fully saturated rings. The first-order valence-electron chi connectivity index (χ1n) is 8.46. The predicted octanol–water partition coefficient (Wildman–Crippen LogP) is 3.83. The highest BCUT2D eigenvalue weighted by Crippen LogP contribution is 2.33. The van der Waals surface area contributed by atoms with Crippen LogP contribution in [-0.4, -0.2) is 21.8 Å². The van der Waals surface area contributed by atoms with Crippen LogP contribution in [0.4, 0.5) is 0 Å². The molecule has 0 saturated heterocycles. The lowest BCUT2D eigenvalue weighted by Crippen LogP contribution is -2.18. The summed E-state index contributed by atoms with van der Waals surface area (Å²) in [5.41, 5.74) is 4.65. The van der Waals surface area contributed by atoms with Gasteiger partial charge in [-0.15, -0.1) is 11.3 Å². The van der Waals surface area contributed by atoms with Crippen molar-refractivity contribution < 1.29 is 15.0 Å². The van der Waals surface area contributed by atoms with E-state index in [0.29, 0.717) is 22.1 Å². The van der Waals surface area contributed by atoms with Gasteiger partial charge in [-0.05, 0) is 61.9 Å². The van der Waals surface area contributed by atoms with Crippen LogP contribution >= 0.6 is 11.3 Å². The lowest BCUT2D eigenvalue weighted by molar-refractivity contribution is 0.0958. The molecule has 5 nitrogen and oxygen atoms in total. The third kappa shape index (κ3) is 3.85. The molecule has 3 rings (SSSR count). The number of thiophene rings is 1. The molecule has 1 aromatic carbocycles. The van der Waals surface area contributed by atoms with Crippen molar-refractivity contribution in [3.63, 3.8) is 0 Å². The zero-order valence-electron chi connectivity index (χ0n) is 14.4. The van der Waals surface area contributed by atoms with E-state index in [9.17, 15) is 15.0 Å². The molecule has 6 heteroatoms. The zero-order valence-corrected chi connectivity index (χ0v) is 15.2. The number of nitrogens with one attached hydrogen (secondary N) is 1.